The van der Waals surface area contributed by atoms with E-state index in [4.69, 9.17) is 4.74 Å². The number of carboxylic acids is 1. The molecule has 0 spiro atoms. The Morgan fingerprint density at radius 3 is 1.83 bits per heavy atom. The quantitative estimate of drug-likeness (QED) is 0.0326. The maximum atomic E-state index is 12.0. The fourth-order valence-corrected chi connectivity index (χ4v) is 4.76. The molecule has 4 N–H and O–H groups in total. The summed E-state index contributed by atoms with van der Waals surface area (Å²) in [7, 11) is -4.72. The van der Waals surface area contributed by atoms with Crippen LogP contribution in [0.4, 0.5) is 0 Å². The maximum Gasteiger partial charge on any atom is 0.472 e. The monoisotopic (exact) mass is 621 g/mol. The van der Waals surface area contributed by atoms with E-state index in [1.165, 1.54) is 44.9 Å². The van der Waals surface area contributed by atoms with Crippen LogP contribution in [0.1, 0.15) is 129 Å². The molecular formula is C30H56NO10P. The van der Waals surface area contributed by atoms with Gasteiger partial charge in [0.1, 0.15) is 12.7 Å². The lowest BCUT2D eigenvalue weighted by Gasteiger charge is -2.18. The molecule has 0 radical (unpaired) electrons. The molecular weight excluding hydrogens is 565 g/mol. The number of phosphoric acid groups is 1. The summed E-state index contributed by atoms with van der Waals surface area (Å²) < 4.78 is 26.3. The molecule has 11 nitrogen and oxygen atoms in total. The van der Waals surface area contributed by atoms with E-state index in [2.05, 4.69) is 33.4 Å². The highest BCUT2D eigenvalue weighted by atomic mass is 31.2. The Morgan fingerprint density at radius 2 is 1.26 bits per heavy atom. The van der Waals surface area contributed by atoms with Crippen LogP contribution >= 0.6 is 7.82 Å². The number of hydrogen-bond acceptors (Lipinski definition) is 8. The van der Waals surface area contributed by atoms with Crippen molar-refractivity contribution in [1.29, 1.82) is 0 Å². The minimum atomic E-state index is -4.72. The van der Waals surface area contributed by atoms with Gasteiger partial charge in [0.25, 0.3) is 0 Å². The summed E-state index contributed by atoms with van der Waals surface area (Å²) in [6.07, 6.45) is 21.3. The van der Waals surface area contributed by atoms with Gasteiger partial charge in [0, 0.05) is 12.8 Å². The number of nitrogens with one attached hydrogen (secondary N) is 1. The Labute approximate surface area is 252 Å². The van der Waals surface area contributed by atoms with Crippen LogP contribution in [0.2, 0.25) is 0 Å². The second-order valence-corrected chi connectivity index (χ2v) is 12.1. The fraction of sp³-hybridized carbons (Fsp3) is 0.833. The summed E-state index contributed by atoms with van der Waals surface area (Å²) in [5.74, 6) is -2.43. The van der Waals surface area contributed by atoms with E-state index in [0.29, 0.717) is 12.8 Å². The van der Waals surface area contributed by atoms with Gasteiger partial charge in [-0.3, -0.25) is 18.6 Å². The van der Waals surface area contributed by atoms with Gasteiger partial charge < -0.3 is 25.2 Å². The molecule has 3 unspecified atom stereocenters. The summed E-state index contributed by atoms with van der Waals surface area (Å²) in [6, 6.07) is -1.54. The molecule has 0 aromatic rings. The Morgan fingerprint density at radius 1 is 0.738 bits per heavy atom. The van der Waals surface area contributed by atoms with E-state index < -0.39 is 57.6 Å². The number of carbonyl (C=O) groups excluding carboxylic acids is 2. The lowest BCUT2D eigenvalue weighted by molar-refractivity contribution is -0.147. The molecule has 0 bridgehead atoms. The lowest BCUT2D eigenvalue weighted by Crippen LogP contribution is -2.43. The number of phosphoric ester groups is 1. The van der Waals surface area contributed by atoms with Crippen LogP contribution in [0.5, 0.6) is 0 Å². The van der Waals surface area contributed by atoms with Gasteiger partial charge in [-0.15, -0.1) is 0 Å². The predicted molar refractivity (Wildman–Crippen MR) is 162 cm³/mol. The van der Waals surface area contributed by atoms with Crippen molar-refractivity contribution in [3.8, 4) is 0 Å². The van der Waals surface area contributed by atoms with Gasteiger partial charge in [0.05, 0.1) is 13.2 Å². The van der Waals surface area contributed by atoms with E-state index in [0.717, 1.165) is 44.9 Å². The van der Waals surface area contributed by atoms with Crippen molar-refractivity contribution in [1.82, 2.24) is 5.32 Å². The van der Waals surface area contributed by atoms with Crippen molar-refractivity contribution in [3.63, 3.8) is 0 Å². The zero-order chi connectivity index (χ0) is 31.5. The van der Waals surface area contributed by atoms with E-state index in [1.54, 1.807) is 0 Å². The number of esters is 1. The molecule has 0 heterocycles. The number of ether oxygens (including phenoxy) is 1. The zero-order valence-electron chi connectivity index (χ0n) is 25.8. The summed E-state index contributed by atoms with van der Waals surface area (Å²) >= 11 is 0. The number of carboxylic acid groups (broad SMARTS) is 1. The maximum absolute atomic E-state index is 12.0. The first-order valence-electron chi connectivity index (χ1n) is 15.7. The van der Waals surface area contributed by atoms with Crippen LogP contribution in [0.15, 0.2) is 12.2 Å². The van der Waals surface area contributed by atoms with Gasteiger partial charge in [0.15, 0.2) is 6.04 Å². The highest BCUT2D eigenvalue weighted by Crippen LogP contribution is 2.43. The van der Waals surface area contributed by atoms with Crippen molar-refractivity contribution in [2.24, 2.45) is 0 Å². The first kappa shape index (κ1) is 40.2. The van der Waals surface area contributed by atoms with E-state index in [-0.39, 0.29) is 12.8 Å². The second-order valence-electron chi connectivity index (χ2n) is 10.6. The molecule has 1 amide bonds. The molecule has 3 atom stereocenters. The molecule has 0 saturated carbocycles. The van der Waals surface area contributed by atoms with Crippen LogP contribution < -0.4 is 5.32 Å². The number of aliphatic hydroxyl groups excluding tert-OH is 1. The number of unbranched alkanes of at least 4 members (excludes halogenated alkanes) is 13. The summed E-state index contributed by atoms with van der Waals surface area (Å²) in [6.45, 7) is 2.22. The normalized spacial score (nSPS) is 14.4. The number of rotatable bonds is 29. The minimum Gasteiger partial charge on any atom is -0.480 e. The number of hydrogen-bond donors (Lipinski definition) is 4. The van der Waals surface area contributed by atoms with Crippen LogP contribution in [0.3, 0.4) is 0 Å². The average molecular weight is 622 g/mol. The first-order valence-corrected chi connectivity index (χ1v) is 17.2. The SMILES string of the molecule is CCCCCCCCC/C=C\CCCCCCCC(=O)OCC(O)COP(=O)(O)OCC(NC(=O)CCCC)C(=O)O. The van der Waals surface area contributed by atoms with Crippen LogP contribution in [0.25, 0.3) is 0 Å². The molecule has 12 heteroatoms. The molecule has 0 aliphatic rings. The van der Waals surface area contributed by atoms with Crippen molar-refractivity contribution in [3.05, 3.63) is 12.2 Å². The van der Waals surface area contributed by atoms with E-state index in [1.807, 2.05) is 6.92 Å². The third-order valence-corrected chi connectivity index (χ3v) is 7.51. The third-order valence-electron chi connectivity index (χ3n) is 6.55. The number of amides is 1. The van der Waals surface area contributed by atoms with Crippen molar-refractivity contribution < 1.29 is 47.8 Å². The van der Waals surface area contributed by atoms with Crippen LogP contribution in [0, 0.1) is 0 Å². The van der Waals surface area contributed by atoms with E-state index >= 15 is 0 Å². The topological polar surface area (TPSA) is 169 Å². The summed E-state index contributed by atoms with van der Waals surface area (Å²) in [5.41, 5.74) is 0. The van der Waals surface area contributed by atoms with Crippen molar-refractivity contribution in [2.75, 3.05) is 19.8 Å². The number of carbonyl (C=O) groups is 3. The highest BCUT2D eigenvalue weighted by Gasteiger charge is 2.28. The van der Waals surface area contributed by atoms with Gasteiger partial charge in [-0.1, -0.05) is 90.2 Å². The number of aliphatic hydroxyl groups is 1. The Balaban J connectivity index is 3.85. The average Bonchev–Trinajstić information content (AvgIpc) is 2.95. The summed E-state index contributed by atoms with van der Waals surface area (Å²) in [4.78, 5) is 44.6. The van der Waals surface area contributed by atoms with Gasteiger partial charge in [-0.2, -0.15) is 0 Å². The van der Waals surface area contributed by atoms with E-state index in [9.17, 15) is 34.1 Å². The standard InChI is InChI=1S/C30H56NO10P/c1-3-5-7-8-9-10-11-12-13-14-15-16-17-18-19-20-22-29(34)39-23-26(32)24-40-42(37,38)41-25-27(30(35)36)31-28(33)21-6-4-2/h13-14,26-27,32H,3-12,15-25H2,1-2H3,(H,31,33)(H,35,36)(H,37,38)/b14-13-. The largest absolute Gasteiger partial charge is 0.480 e. The van der Waals surface area contributed by atoms with Crippen molar-refractivity contribution in [2.45, 2.75) is 142 Å². The molecule has 0 aliphatic carbocycles. The molecule has 0 rings (SSSR count). The number of allylic oxidation sites excluding steroid dienone is 2. The van der Waals surface area contributed by atoms with Gasteiger partial charge in [-0.05, 0) is 38.5 Å². The minimum absolute atomic E-state index is 0.121. The number of aliphatic carboxylic acids is 1. The molecule has 0 aromatic heterocycles. The second kappa shape index (κ2) is 26.8. The van der Waals surface area contributed by atoms with Gasteiger partial charge in [-0.25, -0.2) is 9.36 Å². The zero-order valence-corrected chi connectivity index (χ0v) is 26.7. The van der Waals surface area contributed by atoms with Crippen molar-refractivity contribution >= 4 is 25.7 Å². The third kappa shape index (κ3) is 25.9. The highest BCUT2D eigenvalue weighted by molar-refractivity contribution is 7.47. The first-order chi connectivity index (χ1) is 20.1. The van der Waals surface area contributed by atoms with Crippen LogP contribution in [-0.2, 0) is 32.7 Å². The lowest BCUT2D eigenvalue weighted by atomic mass is 10.1. The molecule has 0 aliphatic heterocycles. The fourth-order valence-electron chi connectivity index (χ4n) is 3.99. The molecule has 0 aromatic carbocycles. The Bertz CT molecular complexity index is 792. The van der Waals surface area contributed by atoms with Gasteiger partial charge in [0.2, 0.25) is 5.91 Å². The molecule has 246 valence electrons. The molecule has 42 heavy (non-hydrogen) atoms. The predicted octanol–water partition coefficient (Wildman–Crippen LogP) is 6.21. The van der Waals surface area contributed by atoms with Crippen LogP contribution in [-0.4, -0.2) is 64.9 Å². The summed E-state index contributed by atoms with van der Waals surface area (Å²) in [5, 5.41) is 21.3. The Kier molecular flexibility index (Phi) is 25.7. The smallest absolute Gasteiger partial charge is 0.472 e. The molecule has 0 saturated heterocycles. The Hall–Kier alpha value is -1.78. The van der Waals surface area contributed by atoms with Gasteiger partial charge >= 0.3 is 19.8 Å². The molecule has 0 fully saturated rings.